The van der Waals surface area contributed by atoms with Gasteiger partial charge in [-0.05, 0) is 53.0 Å². The van der Waals surface area contributed by atoms with Gasteiger partial charge in [-0.2, -0.15) is 5.10 Å². The second-order valence-electron chi connectivity index (χ2n) is 6.85. The number of amides is 3. The lowest BCUT2D eigenvalue weighted by molar-refractivity contribution is -0.122. The molecule has 1 fully saturated rings. The summed E-state index contributed by atoms with van der Waals surface area (Å²) in [5.74, 6) is 0.463. The first-order chi connectivity index (χ1) is 15.6. The third-order valence-corrected chi connectivity index (χ3v) is 6.60. The average molecular weight is 469 g/mol. The van der Waals surface area contributed by atoms with Crippen LogP contribution in [0.3, 0.4) is 0 Å². The summed E-state index contributed by atoms with van der Waals surface area (Å²) in [6.07, 6.45) is 1.64. The minimum atomic E-state index is -0.397. The van der Waals surface area contributed by atoms with Gasteiger partial charge in [0.2, 0.25) is 6.79 Å². The molecule has 1 saturated heterocycles. The molecular formula is C21H16N4O5S2. The monoisotopic (exact) mass is 468 g/mol. The van der Waals surface area contributed by atoms with E-state index in [2.05, 4.69) is 15.5 Å². The van der Waals surface area contributed by atoms with Crippen molar-refractivity contribution in [3.05, 3.63) is 57.9 Å². The van der Waals surface area contributed by atoms with Gasteiger partial charge in [0.25, 0.3) is 17.1 Å². The lowest BCUT2D eigenvalue weighted by Gasteiger charge is -2.12. The van der Waals surface area contributed by atoms with Crippen molar-refractivity contribution >= 4 is 46.2 Å². The number of H-pyrrole nitrogens is 1. The number of fused-ring (bicyclic) bond motifs is 1. The molecule has 0 radical (unpaired) electrons. The van der Waals surface area contributed by atoms with Crippen LogP contribution in [0.1, 0.15) is 16.1 Å². The standard InChI is InChI=1S/C21H16N4O5S2/c26-19(14-10-13(23-24-14)17-2-1-7-31-17)22-5-6-25-20(27)18(32-21(25)28)9-12-3-4-15-16(8-12)30-11-29-15/h1-4,7-10H,5-6,11H2,(H,22,26)(H,23,24)/b18-9+. The van der Waals surface area contributed by atoms with E-state index in [0.717, 1.165) is 32.8 Å². The van der Waals surface area contributed by atoms with Crippen molar-refractivity contribution in [2.75, 3.05) is 19.9 Å². The van der Waals surface area contributed by atoms with Crippen molar-refractivity contribution in [3.63, 3.8) is 0 Å². The summed E-state index contributed by atoms with van der Waals surface area (Å²) in [5, 5.41) is 11.1. The van der Waals surface area contributed by atoms with Gasteiger partial charge >= 0.3 is 0 Å². The van der Waals surface area contributed by atoms with Crippen LogP contribution in [-0.2, 0) is 4.79 Å². The fourth-order valence-electron chi connectivity index (χ4n) is 3.21. The van der Waals surface area contributed by atoms with Gasteiger partial charge in [-0.15, -0.1) is 11.3 Å². The molecule has 0 atom stereocenters. The summed E-state index contributed by atoms with van der Waals surface area (Å²) in [6, 6.07) is 10.8. The highest BCUT2D eigenvalue weighted by molar-refractivity contribution is 8.18. The molecule has 11 heteroatoms. The molecule has 3 amide bonds. The van der Waals surface area contributed by atoms with Gasteiger partial charge in [-0.1, -0.05) is 12.1 Å². The summed E-state index contributed by atoms with van der Waals surface area (Å²) in [4.78, 5) is 39.7. The predicted octanol–water partition coefficient (Wildman–Crippen LogP) is 3.33. The van der Waals surface area contributed by atoms with E-state index in [1.807, 2.05) is 17.5 Å². The second-order valence-corrected chi connectivity index (χ2v) is 8.79. The minimum absolute atomic E-state index is 0.0666. The minimum Gasteiger partial charge on any atom is -0.454 e. The fourth-order valence-corrected chi connectivity index (χ4v) is 4.77. The molecule has 5 rings (SSSR count). The summed E-state index contributed by atoms with van der Waals surface area (Å²) >= 11 is 2.40. The van der Waals surface area contributed by atoms with Crippen LogP contribution in [0.2, 0.25) is 0 Å². The quantitative estimate of drug-likeness (QED) is 0.534. The normalized spacial score (nSPS) is 16.2. The second kappa shape index (κ2) is 8.52. The van der Waals surface area contributed by atoms with E-state index in [-0.39, 0.29) is 36.7 Å². The molecule has 0 unspecified atom stereocenters. The number of rotatable bonds is 6. The molecule has 32 heavy (non-hydrogen) atoms. The molecule has 162 valence electrons. The zero-order chi connectivity index (χ0) is 22.1. The first kappa shape index (κ1) is 20.3. The van der Waals surface area contributed by atoms with Crippen LogP contribution in [0.25, 0.3) is 16.6 Å². The van der Waals surface area contributed by atoms with Crippen molar-refractivity contribution in [2.45, 2.75) is 0 Å². The summed E-state index contributed by atoms with van der Waals surface area (Å²) in [6.45, 7) is 0.348. The molecule has 1 aromatic carbocycles. The van der Waals surface area contributed by atoms with E-state index in [9.17, 15) is 14.4 Å². The number of benzene rings is 1. The molecular weight excluding hydrogens is 452 g/mol. The van der Waals surface area contributed by atoms with E-state index in [4.69, 9.17) is 9.47 Å². The number of thiophene rings is 1. The number of hydrogen-bond acceptors (Lipinski definition) is 8. The largest absolute Gasteiger partial charge is 0.454 e. The van der Waals surface area contributed by atoms with Crippen molar-refractivity contribution in [1.29, 1.82) is 0 Å². The molecule has 0 spiro atoms. The molecule has 3 aromatic rings. The smallest absolute Gasteiger partial charge is 0.293 e. The maximum absolute atomic E-state index is 12.7. The van der Waals surface area contributed by atoms with E-state index >= 15 is 0 Å². The zero-order valence-electron chi connectivity index (χ0n) is 16.5. The Morgan fingerprint density at radius 2 is 2.09 bits per heavy atom. The number of nitrogens with zero attached hydrogens (tertiary/aromatic N) is 2. The number of aromatic amines is 1. The van der Waals surface area contributed by atoms with Gasteiger partial charge in [-0.25, -0.2) is 0 Å². The molecule has 0 aliphatic carbocycles. The SMILES string of the molecule is O=C(NCCN1C(=O)S/C(=C/c2ccc3c(c2)OCO3)C1=O)c1cc(-c2cccs2)[nH]n1. The van der Waals surface area contributed by atoms with Crippen LogP contribution >= 0.6 is 23.1 Å². The van der Waals surface area contributed by atoms with E-state index < -0.39 is 5.91 Å². The Morgan fingerprint density at radius 3 is 2.94 bits per heavy atom. The van der Waals surface area contributed by atoms with Crippen LogP contribution in [0.4, 0.5) is 4.79 Å². The third-order valence-electron chi connectivity index (χ3n) is 4.79. The van der Waals surface area contributed by atoms with Gasteiger partial charge in [0.05, 0.1) is 15.5 Å². The number of thioether (sulfide) groups is 1. The van der Waals surface area contributed by atoms with Gasteiger partial charge in [0, 0.05) is 13.1 Å². The Labute approximate surface area is 190 Å². The maximum Gasteiger partial charge on any atom is 0.293 e. The Kier molecular flexibility index (Phi) is 5.41. The Hall–Kier alpha value is -3.57. The van der Waals surface area contributed by atoms with E-state index in [0.29, 0.717) is 16.4 Å². The van der Waals surface area contributed by atoms with Crippen molar-refractivity contribution < 1.29 is 23.9 Å². The van der Waals surface area contributed by atoms with Crippen LogP contribution in [-0.4, -0.2) is 52.0 Å². The molecule has 2 aliphatic rings. The number of hydrogen-bond donors (Lipinski definition) is 2. The summed E-state index contributed by atoms with van der Waals surface area (Å²) < 4.78 is 10.6. The van der Waals surface area contributed by atoms with Crippen LogP contribution in [0.5, 0.6) is 11.5 Å². The first-order valence-electron chi connectivity index (χ1n) is 9.61. The highest BCUT2D eigenvalue weighted by Crippen LogP contribution is 2.36. The number of nitrogens with one attached hydrogen (secondary N) is 2. The van der Waals surface area contributed by atoms with Crippen molar-refractivity contribution in [1.82, 2.24) is 20.4 Å². The van der Waals surface area contributed by atoms with Gasteiger partial charge < -0.3 is 14.8 Å². The molecule has 0 saturated carbocycles. The molecule has 9 nitrogen and oxygen atoms in total. The van der Waals surface area contributed by atoms with Crippen molar-refractivity contribution in [2.24, 2.45) is 0 Å². The zero-order valence-corrected chi connectivity index (χ0v) is 18.1. The lowest BCUT2D eigenvalue weighted by atomic mass is 10.2. The third kappa shape index (κ3) is 3.99. The van der Waals surface area contributed by atoms with E-state index in [1.165, 1.54) is 11.3 Å². The Bertz CT molecular complexity index is 1230. The first-order valence-corrected chi connectivity index (χ1v) is 11.3. The highest BCUT2D eigenvalue weighted by atomic mass is 32.2. The van der Waals surface area contributed by atoms with Crippen LogP contribution in [0, 0.1) is 0 Å². The van der Waals surface area contributed by atoms with Crippen LogP contribution in [0.15, 0.2) is 46.7 Å². The summed E-state index contributed by atoms with van der Waals surface area (Å²) in [5.41, 5.74) is 1.73. The van der Waals surface area contributed by atoms with E-state index in [1.54, 1.807) is 30.3 Å². The van der Waals surface area contributed by atoms with Crippen LogP contribution < -0.4 is 14.8 Å². The topological polar surface area (TPSA) is 114 Å². The number of ether oxygens (including phenoxy) is 2. The molecule has 0 bridgehead atoms. The van der Waals surface area contributed by atoms with Gasteiger partial charge in [-0.3, -0.25) is 24.4 Å². The Morgan fingerprint density at radius 1 is 1.22 bits per heavy atom. The number of carbonyl (C=O) groups is 3. The highest BCUT2D eigenvalue weighted by Gasteiger charge is 2.34. The van der Waals surface area contributed by atoms with Crippen molar-refractivity contribution in [3.8, 4) is 22.1 Å². The molecule has 2 aliphatic heterocycles. The molecule has 4 heterocycles. The number of carbonyl (C=O) groups excluding carboxylic acids is 3. The fraction of sp³-hybridized carbons (Fsp3) is 0.143. The maximum atomic E-state index is 12.7. The molecule has 2 N–H and O–H groups in total. The predicted molar refractivity (Wildman–Crippen MR) is 119 cm³/mol. The van der Waals surface area contributed by atoms with Gasteiger partial charge in [0.15, 0.2) is 17.2 Å². The average Bonchev–Trinajstić information content (AvgIpc) is 3.57. The summed E-state index contributed by atoms with van der Waals surface area (Å²) in [7, 11) is 0. The number of imide groups is 1. The molecule has 2 aromatic heterocycles. The Balaban J connectivity index is 1.18. The lowest BCUT2D eigenvalue weighted by Crippen LogP contribution is -2.37. The van der Waals surface area contributed by atoms with Gasteiger partial charge in [0.1, 0.15) is 0 Å². The number of aromatic nitrogens is 2.